The molecule has 2 unspecified atom stereocenters. The molecule has 1 amide bonds. The Hall–Kier alpha value is -1.07. The quantitative estimate of drug-likeness (QED) is 0.907. The standard InChI is InChI=1S/C16H23BrN2O2/c1-11(21-13-6-4-5-12(17)9-13)15(20)19-8-7-14(18)16(2,3)10-19/h4-6,9,11,14H,7-8,10,18H2,1-3H3. The van der Waals surface area contributed by atoms with Crippen molar-refractivity contribution in [3.63, 3.8) is 0 Å². The third-order valence-corrected chi connectivity index (χ3v) is 4.57. The average Bonchev–Trinajstić information content (AvgIpc) is 2.41. The van der Waals surface area contributed by atoms with Crippen LogP contribution >= 0.6 is 15.9 Å². The fourth-order valence-electron chi connectivity index (χ4n) is 2.61. The summed E-state index contributed by atoms with van der Waals surface area (Å²) in [6, 6.07) is 7.67. The van der Waals surface area contributed by atoms with Crippen molar-refractivity contribution in [1.82, 2.24) is 4.90 Å². The van der Waals surface area contributed by atoms with E-state index in [0.29, 0.717) is 18.8 Å². The lowest BCUT2D eigenvalue weighted by atomic mass is 9.79. The first kappa shape index (κ1) is 16.3. The van der Waals surface area contributed by atoms with Crippen LogP contribution in [0.2, 0.25) is 0 Å². The third-order valence-electron chi connectivity index (χ3n) is 4.08. The maximum absolute atomic E-state index is 12.5. The molecule has 0 radical (unpaired) electrons. The SMILES string of the molecule is CC(Oc1cccc(Br)c1)C(=O)N1CCC(N)C(C)(C)C1. The summed E-state index contributed by atoms with van der Waals surface area (Å²) in [5.74, 6) is 0.716. The molecule has 2 atom stereocenters. The maximum Gasteiger partial charge on any atom is 0.263 e. The molecule has 0 aliphatic carbocycles. The van der Waals surface area contributed by atoms with Crippen molar-refractivity contribution in [2.45, 2.75) is 39.3 Å². The van der Waals surface area contributed by atoms with E-state index in [1.54, 1.807) is 6.92 Å². The van der Waals surface area contributed by atoms with Gasteiger partial charge in [-0.05, 0) is 37.0 Å². The number of likely N-dealkylation sites (tertiary alicyclic amines) is 1. The summed E-state index contributed by atoms with van der Waals surface area (Å²) in [4.78, 5) is 14.4. The molecule has 1 aliphatic rings. The second kappa shape index (κ2) is 6.36. The predicted molar refractivity (Wildman–Crippen MR) is 87.2 cm³/mol. The second-order valence-corrected chi connectivity index (χ2v) is 7.28. The van der Waals surface area contributed by atoms with Crippen molar-refractivity contribution in [2.75, 3.05) is 13.1 Å². The Balaban J connectivity index is 1.99. The maximum atomic E-state index is 12.5. The fourth-order valence-corrected chi connectivity index (χ4v) is 2.99. The van der Waals surface area contributed by atoms with Gasteiger partial charge in [-0.1, -0.05) is 35.8 Å². The highest BCUT2D eigenvalue weighted by Crippen LogP contribution is 2.28. The van der Waals surface area contributed by atoms with E-state index < -0.39 is 6.10 Å². The average molecular weight is 355 g/mol. The van der Waals surface area contributed by atoms with Crippen molar-refractivity contribution >= 4 is 21.8 Å². The summed E-state index contributed by atoms with van der Waals surface area (Å²) in [5.41, 5.74) is 6.06. The van der Waals surface area contributed by atoms with Crippen LogP contribution in [0, 0.1) is 5.41 Å². The Labute approximate surface area is 134 Å². The van der Waals surface area contributed by atoms with Gasteiger partial charge in [0.1, 0.15) is 5.75 Å². The summed E-state index contributed by atoms with van der Waals surface area (Å²) in [7, 11) is 0. The number of hydrogen-bond donors (Lipinski definition) is 1. The van der Waals surface area contributed by atoms with E-state index >= 15 is 0 Å². The lowest BCUT2D eigenvalue weighted by Gasteiger charge is -2.43. The van der Waals surface area contributed by atoms with E-state index in [1.807, 2.05) is 29.2 Å². The van der Waals surface area contributed by atoms with Gasteiger partial charge >= 0.3 is 0 Å². The summed E-state index contributed by atoms with van der Waals surface area (Å²) < 4.78 is 6.69. The number of ether oxygens (including phenoxy) is 1. The fraction of sp³-hybridized carbons (Fsp3) is 0.562. The van der Waals surface area contributed by atoms with Crippen LogP contribution in [0.3, 0.4) is 0 Å². The highest BCUT2D eigenvalue weighted by Gasteiger charge is 2.36. The number of nitrogens with two attached hydrogens (primary N) is 1. The smallest absolute Gasteiger partial charge is 0.263 e. The van der Waals surface area contributed by atoms with Gasteiger partial charge in [0, 0.05) is 23.6 Å². The minimum atomic E-state index is -0.496. The van der Waals surface area contributed by atoms with Gasteiger partial charge < -0.3 is 15.4 Å². The Bertz CT molecular complexity index is 519. The third kappa shape index (κ3) is 3.98. The molecule has 2 rings (SSSR count). The largest absolute Gasteiger partial charge is 0.481 e. The lowest BCUT2D eigenvalue weighted by molar-refractivity contribution is -0.141. The molecule has 0 bridgehead atoms. The van der Waals surface area contributed by atoms with Crippen molar-refractivity contribution in [1.29, 1.82) is 0 Å². The van der Waals surface area contributed by atoms with Crippen LogP contribution in [-0.4, -0.2) is 36.0 Å². The molecule has 2 N–H and O–H groups in total. The van der Waals surface area contributed by atoms with Crippen LogP contribution in [0.1, 0.15) is 27.2 Å². The zero-order valence-electron chi connectivity index (χ0n) is 12.8. The van der Waals surface area contributed by atoms with Crippen molar-refractivity contribution < 1.29 is 9.53 Å². The van der Waals surface area contributed by atoms with E-state index in [0.717, 1.165) is 10.9 Å². The van der Waals surface area contributed by atoms with Crippen molar-refractivity contribution in [2.24, 2.45) is 11.1 Å². The molecule has 4 nitrogen and oxygen atoms in total. The van der Waals surface area contributed by atoms with E-state index in [4.69, 9.17) is 10.5 Å². The van der Waals surface area contributed by atoms with Crippen molar-refractivity contribution in [3.05, 3.63) is 28.7 Å². The molecule has 1 aromatic carbocycles. The van der Waals surface area contributed by atoms with Gasteiger partial charge in [-0.2, -0.15) is 0 Å². The number of halogens is 1. The van der Waals surface area contributed by atoms with Crippen LogP contribution in [-0.2, 0) is 4.79 Å². The monoisotopic (exact) mass is 354 g/mol. The number of carbonyl (C=O) groups is 1. The molecule has 1 heterocycles. The summed E-state index contributed by atoms with van der Waals surface area (Å²) in [6.45, 7) is 7.40. The number of amides is 1. The number of benzene rings is 1. The number of rotatable bonds is 3. The predicted octanol–water partition coefficient (Wildman–Crippen LogP) is 2.80. The molecule has 0 saturated carbocycles. The first-order chi connectivity index (χ1) is 9.79. The molecule has 0 aromatic heterocycles. The lowest BCUT2D eigenvalue weighted by Crippen LogP contribution is -2.56. The zero-order valence-corrected chi connectivity index (χ0v) is 14.4. The van der Waals surface area contributed by atoms with E-state index in [-0.39, 0.29) is 17.4 Å². The summed E-state index contributed by atoms with van der Waals surface area (Å²) in [5, 5.41) is 0. The van der Waals surface area contributed by atoms with Gasteiger partial charge in [0.05, 0.1) is 0 Å². The second-order valence-electron chi connectivity index (χ2n) is 6.36. The minimum absolute atomic E-state index is 0.0231. The van der Waals surface area contributed by atoms with Gasteiger partial charge in [-0.3, -0.25) is 4.79 Å². The molecule has 1 saturated heterocycles. The highest BCUT2D eigenvalue weighted by molar-refractivity contribution is 9.10. The van der Waals surface area contributed by atoms with Crippen LogP contribution in [0.15, 0.2) is 28.7 Å². The van der Waals surface area contributed by atoms with E-state index in [1.165, 1.54) is 0 Å². The van der Waals surface area contributed by atoms with E-state index in [2.05, 4.69) is 29.8 Å². The molecule has 1 fully saturated rings. The van der Waals surface area contributed by atoms with E-state index in [9.17, 15) is 4.79 Å². The Morgan fingerprint density at radius 2 is 2.24 bits per heavy atom. The molecule has 1 aliphatic heterocycles. The molecule has 0 spiro atoms. The Morgan fingerprint density at radius 3 is 2.86 bits per heavy atom. The van der Waals surface area contributed by atoms with Gasteiger partial charge in [0.2, 0.25) is 0 Å². The molecule has 5 heteroatoms. The molecule has 1 aromatic rings. The van der Waals surface area contributed by atoms with Crippen LogP contribution < -0.4 is 10.5 Å². The number of carbonyl (C=O) groups excluding carboxylic acids is 1. The topological polar surface area (TPSA) is 55.6 Å². The molecule has 21 heavy (non-hydrogen) atoms. The number of hydrogen-bond acceptors (Lipinski definition) is 3. The number of nitrogens with zero attached hydrogens (tertiary/aromatic N) is 1. The summed E-state index contributed by atoms with van der Waals surface area (Å²) in [6.07, 6.45) is 0.340. The first-order valence-corrected chi connectivity index (χ1v) is 8.05. The molecular weight excluding hydrogens is 332 g/mol. The van der Waals surface area contributed by atoms with Gasteiger partial charge in [-0.15, -0.1) is 0 Å². The van der Waals surface area contributed by atoms with Gasteiger partial charge in [-0.25, -0.2) is 0 Å². The zero-order chi connectivity index (χ0) is 15.6. The minimum Gasteiger partial charge on any atom is -0.481 e. The van der Waals surface area contributed by atoms with Gasteiger partial charge in [0.25, 0.3) is 5.91 Å². The van der Waals surface area contributed by atoms with Crippen LogP contribution in [0.4, 0.5) is 0 Å². The van der Waals surface area contributed by atoms with Crippen LogP contribution in [0.5, 0.6) is 5.75 Å². The first-order valence-electron chi connectivity index (χ1n) is 7.26. The van der Waals surface area contributed by atoms with Crippen molar-refractivity contribution in [3.8, 4) is 5.75 Å². The molecule has 116 valence electrons. The summed E-state index contributed by atoms with van der Waals surface area (Å²) >= 11 is 3.40. The molecular formula is C16H23BrN2O2. The Morgan fingerprint density at radius 1 is 1.52 bits per heavy atom. The highest BCUT2D eigenvalue weighted by atomic mass is 79.9. The number of piperidine rings is 1. The Kier molecular flexibility index (Phi) is 4.94. The van der Waals surface area contributed by atoms with Crippen LogP contribution in [0.25, 0.3) is 0 Å². The normalized spacial score (nSPS) is 22.7. The van der Waals surface area contributed by atoms with Gasteiger partial charge in [0.15, 0.2) is 6.10 Å².